The van der Waals surface area contributed by atoms with Crippen LogP contribution in [0.2, 0.25) is 0 Å². The van der Waals surface area contributed by atoms with Gasteiger partial charge in [0.05, 0.1) is 17.4 Å². The van der Waals surface area contributed by atoms with Gasteiger partial charge in [0.2, 0.25) is 0 Å². The summed E-state index contributed by atoms with van der Waals surface area (Å²) in [5.41, 5.74) is 2.56. The van der Waals surface area contributed by atoms with Gasteiger partial charge in [-0.1, -0.05) is 6.07 Å². The fourth-order valence-electron chi connectivity index (χ4n) is 3.38. The molecule has 1 aliphatic rings. The van der Waals surface area contributed by atoms with Crippen molar-refractivity contribution in [1.82, 2.24) is 19.8 Å². The Balaban J connectivity index is 1.46. The molecule has 0 saturated carbocycles. The van der Waals surface area contributed by atoms with Crippen LogP contribution in [-0.4, -0.2) is 57.8 Å². The molecule has 2 aromatic carbocycles. The van der Waals surface area contributed by atoms with Crippen molar-refractivity contribution in [2.45, 2.75) is 6.42 Å². The SMILES string of the molecule is O=C(c1cccc(F)c1)N1CCCN(C(=O)c2ccc3nc[nH]c3c2)CC1. The van der Waals surface area contributed by atoms with Crippen molar-refractivity contribution in [1.29, 1.82) is 0 Å². The standard InChI is InChI=1S/C20H19FN4O2/c21-16-4-1-3-14(11-16)19(26)24-7-2-8-25(10-9-24)20(27)15-5-6-17-18(12-15)23-13-22-17/h1,3-6,11-13H,2,7-10H2,(H,22,23). The number of imidazole rings is 1. The van der Waals surface area contributed by atoms with Crippen LogP contribution in [-0.2, 0) is 0 Å². The number of halogens is 1. The number of rotatable bonds is 2. The van der Waals surface area contributed by atoms with Gasteiger partial charge in [-0.15, -0.1) is 0 Å². The Morgan fingerprint density at radius 2 is 1.63 bits per heavy atom. The third kappa shape index (κ3) is 3.53. The van der Waals surface area contributed by atoms with Gasteiger partial charge in [0.15, 0.2) is 0 Å². The molecule has 2 amide bonds. The molecule has 0 aliphatic carbocycles. The quantitative estimate of drug-likeness (QED) is 0.758. The van der Waals surface area contributed by atoms with E-state index in [1.165, 1.54) is 18.2 Å². The molecule has 2 heterocycles. The molecule has 1 aromatic heterocycles. The number of H-pyrrole nitrogens is 1. The van der Waals surface area contributed by atoms with Gasteiger partial charge in [0.1, 0.15) is 5.82 Å². The lowest BCUT2D eigenvalue weighted by Gasteiger charge is -2.22. The molecule has 138 valence electrons. The number of fused-ring (bicyclic) bond motifs is 1. The number of aromatic amines is 1. The first-order valence-electron chi connectivity index (χ1n) is 8.89. The van der Waals surface area contributed by atoms with Crippen molar-refractivity contribution in [2.75, 3.05) is 26.2 Å². The summed E-state index contributed by atoms with van der Waals surface area (Å²) >= 11 is 0. The number of benzene rings is 2. The summed E-state index contributed by atoms with van der Waals surface area (Å²) in [5, 5.41) is 0. The summed E-state index contributed by atoms with van der Waals surface area (Å²) in [6, 6.07) is 11.1. The number of hydrogen-bond acceptors (Lipinski definition) is 3. The molecule has 7 heteroatoms. The Labute approximate surface area is 155 Å². The summed E-state index contributed by atoms with van der Waals surface area (Å²) in [7, 11) is 0. The van der Waals surface area contributed by atoms with Gasteiger partial charge < -0.3 is 14.8 Å². The molecule has 1 N–H and O–H groups in total. The first-order valence-corrected chi connectivity index (χ1v) is 8.89. The van der Waals surface area contributed by atoms with E-state index in [0.29, 0.717) is 43.7 Å². The van der Waals surface area contributed by atoms with E-state index in [-0.39, 0.29) is 11.8 Å². The van der Waals surface area contributed by atoms with E-state index < -0.39 is 5.82 Å². The van der Waals surface area contributed by atoms with E-state index in [4.69, 9.17) is 0 Å². The van der Waals surface area contributed by atoms with Gasteiger partial charge in [0.25, 0.3) is 11.8 Å². The van der Waals surface area contributed by atoms with Crippen LogP contribution in [0.4, 0.5) is 4.39 Å². The maximum absolute atomic E-state index is 13.4. The van der Waals surface area contributed by atoms with Crippen LogP contribution in [0.1, 0.15) is 27.1 Å². The third-order valence-corrected chi connectivity index (χ3v) is 4.81. The zero-order valence-electron chi connectivity index (χ0n) is 14.7. The molecule has 1 fully saturated rings. The van der Waals surface area contributed by atoms with E-state index in [1.54, 1.807) is 34.3 Å². The number of nitrogens with one attached hydrogen (secondary N) is 1. The highest BCUT2D eigenvalue weighted by Crippen LogP contribution is 2.16. The predicted molar refractivity (Wildman–Crippen MR) is 98.9 cm³/mol. The number of hydrogen-bond donors (Lipinski definition) is 1. The lowest BCUT2D eigenvalue weighted by Crippen LogP contribution is -2.37. The average molecular weight is 366 g/mol. The molecule has 3 aromatic rings. The Hall–Kier alpha value is -3.22. The maximum atomic E-state index is 13.4. The Bertz CT molecular complexity index is 1000. The van der Waals surface area contributed by atoms with Crippen molar-refractivity contribution in [2.24, 2.45) is 0 Å². The molecule has 1 aliphatic heterocycles. The minimum Gasteiger partial charge on any atom is -0.345 e. The molecular formula is C20H19FN4O2. The second-order valence-corrected chi connectivity index (χ2v) is 6.58. The van der Waals surface area contributed by atoms with E-state index in [0.717, 1.165) is 11.0 Å². The van der Waals surface area contributed by atoms with Crippen LogP contribution in [0, 0.1) is 5.82 Å². The maximum Gasteiger partial charge on any atom is 0.254 e. The van der Waals surface area contributed by atoms with Crippen molar-refractivity contribution in [3.8, 4) is 0 Å². The van der Waals surface area contributed by atoms with Crippen LogP contribution < -0.4 is 0 Å². The Morgan fingerprint density at radius 3 is 2.33 bits per heavy atom. The number of carbonyl (C=O) groups is 2. The Kier molecular flexibility index (Phi) is 4.58. The van der Waals surface area contributed by atoms with Crippen molar-refractivity contribution >= 4 is 22.8 Å². The predicted octanol–water partition coefficient (Wildman–Crippen LogP) is 2.69. The first-order chi connectivity index (χ1) is 13.1. The zero-order chi connectivity index (χ0) is 18.8. The molecule has 0 radical (unpaired) electrons. The van der Waals surface area contributed by atoms with Crippen LogP contribution >= 0.6 is 0 Å². The summed E-state index contributed by atoms with van der Waals surface area (Å²) in [5.74, 6) is -0.698. The van der Waals surface area contributed by atoms with Crippen molar-refractivity contribution < 1.29 is 14.0 Å². The van der Waals surface area contributed by atoms with Crippen LogP contribution in [0.25, 0.3) is 11.0 Å². The van der Waals surface area contributed by atoms with Crippen LogP contribution in [0.15, 0.2) is 48.8 Å². The van der Waals surface area contributed by atoms with Crippen LogP contribution in [0.5, 0.6) is 0 Å². The lowest BCUT2D eigenvalue weighted by atomic mass is 10.1. The van der Waals surface area contributed by atoms with E-state index in [9.17, 15) is 14.0 Å². The highest BCUT2D eigenvalue weighted by Gasteiger charge is 2.24. The molecule has 0 atom stereocenters. The van der Waals surface area contributed by atoms with Gasteiger partial charge in [-0.05, 0) is 42.8 Å². The highest BCUT2D eigenvalue weighted by molar-refractivity contribution is 5.97. The van der Waals surface area contributed by atoms with Gasteiger partial charge in [-0.25, -0.2) is 9.37 Å². The van der Waals surface area contributed by atoms with E-state index in [1.807, 2.05) is 6.07 Å². The molecule has 0 unspecified atom stereocenters. The fourth-order valence-corrected chi connectivity index (χ4v) is 3.38. The largest absolute Gasteiger partial charge is 0.345 e. The fraction of sp³-hybridized carbons (Fsp3) is 0.250. The lowest BCUT2D eigenvalue weighted by molar-refractivity contribution is 0.0718. The normalized spacial score (nSPS) is 15.0. The second kappa shape index (κ2) is 7.19. The van der Waals surface area contributed by atoms with E-state index in [2.05, 4.69) is 9.97 Å². The second-order valence-electron chi connectivity index (χ2n) is 6.58. The minimum absolute atomic E-state index is 0.0634. The van der Waals surface area contributed by atoms with Crippen molar-refractivity contribution in [3.05, 3.63) is 65.7 Å². The molecule has 0 bridgehead atoms. The molecule has 6 nitrogen and oxygen atoms in total. The van der Waals surface area contributed by atoms with Crippen LogP contribution in [0.3, 0.4) is 0 Å². The summed E-state index contributed by atoms with van der Waals surface area (Å²) in [6.07, 6.45) is 2.28. The summed E-state index contributed by atoms with van der Waals surface area (Å²) in [4.78, 5) is 36.1. The molecule has 0 spiro atoms. The number of amides is 2. The monoisotopic (exact) mass is 366 g/mol. The van der Waals surface area contributed by atoms with Crippen molar-refractivity contribution in [3.63, 3.8) is 0 Å². The van der Waals surface area contributed by atoms with Gasteiger partial charge in [-0.2, -0.15) is 0 Å². The first kappa shape index (κ1) is 17.2. The summed E-state index contributed by atoms with van der Waals surface area (Å²) in [6.45, 7) is 1.99. The molecule has 4 rings (SSSR count). The number of nitrogens with zero attached hydrogens (tertiary/aromatic N) is 3. The average Bonchev–Trinajstić information content (AvgIpc) is 3.01. The summed E-state index contributed by atoms with van der Waals surface area (Å²) < 4.78 is 13.4. The minimum atomic E-state index is -0.429. The Morgan fingerprint density at radius 1 is 0.926 bits per heavy atom. The topological polar surface area (TPSA) is 69.3 Å². The smallest absolute Gasteiger partial charge is 0.254 e. The molecular weight excluding hydrogens is 347 g/mol. The molecule has 1 saturated heterocycles. The highest BCUT2D eigenvalue weighted by atomic mass is 19.1. The third-order valence-electron chi connectivity index (χ3n) is 4.81. The molecule has 27 heavy (non-hydrogen) atoms. The van der Waals surface area contributed by atoms with Gasteiger partial charge in [-0.3, -0.25) is 9.59 Å². The zero-order valence-corrected chi connectivity index (χ0v) is 14.7. The number of carbonyl (C=O) groups excluding carboxylic acids is 2. The number of aromatic nitrogens is 2. The van der Waals surface area contributed by atoms with Gasteiger partial charge >= 0.3 is 0 Å². The van der Waals surface area contributed by atoms with E-state index >= 15 is 0 Å². The van der Waals surface area contributed by atoms with Gasteiger partial charge in [0, 0.05) is 37.3 Å².